The first kappa shape index (κ1) is 14.0. The molecule has 1 fully saturated rings. The summed E-state index contributed by atoms with van der Waals surface area (Å²) < 4.78 is 37.7. The van der Waals surface area contributed by atoms with Gasteiger partial charge in [0, 0.05) is 30.8 Å². The van der Waals surface area contributed by atoms with Crippen LogP contribution in [0, 0.1) is 0 Å². The minimum absolute atomic E-state index is 0.112. The van der Waals surface area contributed by atoms with Gasteiger partial charge in [0.2, 0.25) is 0 Å². The van der Waals surface area contributed by atoms with Crippen LogP contribution in [-0.2, 0) is 6.18 Å². The lowest BCUT2D eigenvalue weighted by Crippen LogP contribution is -2.34. The predicted molar refractivity (Wildman–Crippen MR) is 65.7 cm³/mol. The van der Waals surface area contributed by atoms with Gasteiger partial charge in [0.1, 0.15) is 11.4 Å². The van der Waals surface area contributed by atoms with Gasteiger partial charge in [0.25, 0.3) is 0 Å². The van der Waals surface area contributed by atoms with Crippen molar-refractivity contribution in [3.8, 4) is 0 Å². The predicted octanol–water partition coefficient (Wildman–Crippen LogP) is 2.35. The number of hydrogen-bond donors (Lipinski definition) is 1. The van der Waals surface area contributed by atoms with Crippen LogP contribution in [-0.4, -0.2) is 40.7 Å². The van der Waals surface area contributed by atoms with E-state index in [4.69, 9.17) is 5.11 Å². The summed E-state index contributed by atoms with van der Waals surface area (Å²) in [4.78, 5) is 16.5. The number of carboxylic acids is 1. The zero-order valence-electron chi connectivity index (χ0n) is 9.78. The van der Waals surface area contributed by atoms with Crippen LogP contribution in [0.5, 0.6) is 0 Å². The first-order chi connectivity index (χ1) is 8.89. The van der Waals surface area contributed by atoms with Crippen molar-refractivity contribution in [3.05, 3.63) is 23.4 Å². The van der Waals surface area contributed by atoms with Crippen LogP contribution < -0.4 is 4.90 Å². The van der Waals surface area contributed by atoms with Crippen molar-refractivity contribution in [2.45, 2.75) is 6.18 Å². The second-order valence-corrected chi connectivity index (χ2v) is 5.22. The SMILES string of the molecule is O=C(O)c1cc(C(F)(F)F)cnc1N1CCSCC1. The molecule has 1 N–H and O–H groups in total. The van der Waals surface area contributed by atoms with Crippen molar-refractivity contribution < 1.29 is 23.1 Å². The molecule has 0 amide bonds. The van der Waals surface area contributed by atoms with Crippen molar-refractivity contribution in [1.82, 2.24) is 4.98 Å². The van der Waals surface area contributed by atoms with Crippen molar-refractivity contribution in [3.63, 3.8) is 0 Å². The van der Waals surface area contributed by atoms with Crippen LogP contribution in [0.4, 0.5) is 19.0 Å². The maximum absolute atomic E-state index is 12.6. The Morgan fingerprint density at radius 3 is 2.53 bits per heavy atom. The summed E-state index contributed by atoms with van der Waals surface area (Å²) in [5.74, 6) is 0.330. The molecule has 0 spiro atoms. The lowest BCUT2D eigenvalue weighted by atomic mass is 10.1. The molecule has 2 heterocycles. The van der Waals surface area contributed by atoms with E-state index < -0.39 is 23.3 Å². The molecule has 19 heavy (non-hydrogen) atoms. The van der Waals surface area contributed by atoms with E-state index in [1.54, 1.807) is 16.7 Å². The fourth-order valence-corrected chi connectivity index (χ4v) is 2.70. The van der Waals surface area contributed by atoms with E-state index in [1.165, 1.54) is 0 Å². The molecule has 8 heteroatoms. The highest BCUT2D eigenvalue weighted by atomic mass is 32.2. The van der Waals surface area contributed by atoms with Gasteiger partial charge >= 0.3 is 12.1 Å². The van der Waals surface area contributed by atoms with Crippen molar-refractivity contribution in [2.75, 3.05) is 29.5 Å². The number of anilines is 1. The lowest BCUT2D eigenvalue weighted by molar-refractivity contribution is -0.137. The number of aromatic carboxylic acids is 1. The van der Waals surface area contributed by atoms with Crippen molar-refractivity contribution >= 4 is 23.5 Å². The number of halogens is 3. The summed E-state index contributed by atoms with van der Waals surface area (Å²) in [5, 5.41) is 9.05. The molecule has 4 nitrogen and oxygen atoms in total. The number of carboxylic acid groups (broad SMARTS) is 1. The molecule has 1 aliphatic heterocycles. The molecule has 104 valence electrons. The van der Waals surface area contributed by atoms with E-state index in [0.29, 0.717) is 25.4 Å². The number of aromatic nitrogens is 1. The van der Waals surface area contributed by atoms with E-state index in [0.717, 1.165) is 11.5 Å². The fourth-order valence-electron chi connectivity index (χ4n) is 1.80. The molecule has 0 aliphatic carbocycles. The molecule has 1 aliphatic rings. The second-order valence-electron chi connectivity index (χ2n) is 4.00. The highest BCUT2D eigenvalue weighted by Crippen LogP contribution is 2.32. The van der Waals surface area contributed by atoms with Crippen LogP contribution in [0.1, 0.15) is 15.9 Å². The van der Waals surface area contributed by atoms with Crippen LogP contribution in [0.2, 0.25) is 0 Å². The number of nitrogens with zero attached hydrogens (tertiary/aromatic N) is 2. The molecule has 0 bridgehead atoms. The minimum Gasteiger partial charge on any atom is -0.478 e. The molecular formula is C11H11F3N2O2S. The Balaban J connectivity index is 2.40. The third kappa shape index (κ3) is 3.12. The lowest BCUT2D eigenvalue weighted by Gasteiger charge is -2.28. The summed E-state index contributed by atoms with van der Waals surface area (Å²) in [6.45, 7) is 1.17. The Bertz CT molecular complexity index is 487. The highest BCUT2D eigenvalue weighted by Gasteiger charge is 2.33. The summed E-state index contributed by atoms with van der Waals surface area (Å²) in [7, 11) is 0. The Hall–Kier alpha value is -1.44. The van der Waals surface area contributed by atoms with Gasteiger partial charge in [-0.15, -0.1) is 0 Å². The van der Waals surface area contributed by atoms with Gasteiger partial charge in [-0.25, -0.2) is 9.78 Å². The Kier molecular flexibility index (Phi) is 3.88. The number of alkyl halides is 3. The Morgan fingerprint density at radius 2 is 2.00 bits per heavy atom. The van der Waals surface area contributed by atoms with E-state index in [2.05, 4.69) is 4.98 Å². The second kappa shape index (κ2) is 5.28. The average Bonchev–Trinajstić information content (AvgIpc) is 2.38. The minimum atomic E-state index is -4.59. The van der Waals surface area contributed by atoms with Gasteiger partial charge in [-0.3, -0.25) is 0 Å². The maximum Gasteiger partial charge on any atom is 0.417 e. The monoisotopic (exact) mass is 292 g/mol. The van der Waals surface area contributed by atoms with Gasteiger partial charge in [0.05, 0.1) is 5.56 Å². The van der Waals surface area contributed by atoms with Gasteiger partial charge in [-0.05, 0) is 6.07 Å². The molecule has 0 atom stereocenters. The number of pyridine rings is 1. The van der Waals surface area contributed by atoms with E-state index in [1.807, 2.05) is 0 Å². The normalized spacial score (nSPS) is 16.5. The zero-order valence-corrected chi connectivity index (χ0v) is 10.6. The van der Waals surface area contributed by atoms with Crippen LogP contribution in [0.25, 0.3) is 0 Å². The third-order valence-corrected chi connectivity index (χ3v) is 3.68. The highest BCUT2D eigenvalue weighted by molar-refractivity contribution is 7.99. The molecule has 0 saturated carbocycles. The maximum atomic E-state index is 12.6. The zero-order chi connectivity index (χ0) is 14.0. The van der Waals surface area contributed by atoms with Crippen LogP contribution >= 0.6 is 11.8 Å². The summed E-state index contributed by atoms with van der Waals surface area (Å²) in [6.07, 6.45) is -3.91. The molecule has 1 saturated heterocycles. The largest absolute Gasteiger partial charge is 0.478 e. The first-order valence-electron chi connectivity index (χ1n) is 5.53. The van der Waals surface area contributed by atoms with Gasteiger partial charge < -0.3 is 10.0 Å². The Morgan fingerprint density at radius 1 is 1.37 bits per heavy atom. The molecule has 0 radical (unpaired) electrons. The van der Waals surface area contributed by atoms with Crippen LogP contribution in [0.3, 0.4) is 0 Å². The van der Waals surface area contributed by atoms with E-state index in [-0.39, 0.29) is 5.82 Å². The molecular weight excluding hydrogens is 281 g/mol. The summed E-state index contributed by atoms with van der Waals surface area (Å²) in [6, 6.07) is 0.645. The summed E-state index contributed by atoms with van der Waals surface area (Å²) in [5.41, 5.74) is -1.44. The third-order valence-electron chi connectivity index (χ3n) is 2.74. The van der Waals surface area contributed by atoms with Crippen LogP contribution in [0.15, 0.2) is 12.3 Å². The summed E-state index contributed by atoms with van der Waals surface area (Å²) >= 11 is 1.72. The van der Waals surface area contributed by atoms with E-state index >= 15 is 0 Å². The molecule has 0 unspecified atom stereocenters. The quantitative estimate of drug-likeness (QED) is 0.907. The average molecular weight is 292 g/mol. The number of rotatable bonds is 2. The molecule has 0 aromatic carbocycles. The van der Waals surface area contributed by atoms with Gasteiger partial charge in [-0.1, -0.05) is 0 Å². The number of hydrogen-bond acceptors (Lipinski definition) is 4. The first-order valence-corrected chi connectivity index (χ1v) is 6.68. The van der Waals surface area contributed by atoms with E-state index in [9.17, 15) is 18.0 Å². The standard InChI is InChI=1S/C11H11F3N2O2S/c12-11(13,14)7-5-8(10(17)18)9(15-6-7)16-1-3-19-4-2-16/h5-6H,1-4H2,(H,17,18). The molecule has 1 aromatic heterocycles. The molecule has 1 aromatic rings. The number of thioether (sulfide) groups is 1. The smallest absolute Gasteiger partial charge is 0.417 e. The van der Waals surface area contributed by atoms with Crippen molar-refractivity contribution in [1.29, 1.82) is 0 Å². The van der Waals surface area contributed by atoms with Crippen molar-refractivity contribution in [2.24, 2.45) is 0 Å². The topological polar surface area (TPSA) is 53.4 Å². The molecule has 2 rings (SSSR count). The number of carbonyl (C=O) groups is 1. The van der Waals surface area contributed by atoms with Gasteiger partial charge in [0.15, 0.2) is 0 Å². The van der Waals surface area contributed by atoms with Gasteiger partial charge in [-0.2, -0.15) is 24.9 Å². The fraction of sp³-hybridized carbons (Fsp3) is 0.455. The Labute approximate surface area is 111 Å².